The molecule has 36 heavy (non-hydrogen) atoms. The maximum absolute atomic E-state index is 13.2. The number of cyclic esters (lactones) is 1. The zero-order valence-electron chi connectivity index (χ0n) is 21.5. The van der Waals surface area contributed by atoms with E-state index in [1.54, 1.807) is 6.92 Å². The normalized spacial score (nSPS) is 23.1. The molecule has 2 heterocycles. The highest BCUT2D eigenvalue weighted by molar-refractivity contribution is 5.99. The molecule has 1 fully saturated rings. The zero-order chi connectivity index (χ0) is 26.1. The topological polar surface area (TPSA) is 104 Å². The van der Waals surface area contributed by atoms with E-state index < -0.39 is 29.9 Å². The standard InChI is InChI=1S/C28H37NO7/c1-18(2)17-34-27-19(3)35-28(32)20(16-22(30)25-26(31)23(33-4)14-15-29-25)10-8-9-13-24(27)36-21-11-6-5-7-12-21/h5-7,11-12,14-15,18-20,24,27,31H,8-10,13,16-17H2,1-4H3/t19-,20+,24-,27-/m0/s1. The van der Waals surface area contributed by atoms with Crippen molar-refractivity contribution in [1.29, 1.82) is 0 Å². The summed E-state index contributed by atoms with van der Waals surface area (Å²) in [5, 5.41) is 10.3. The van der Waals surface area contributed by atoms with Gasteiger partial charge in [0.25, 0.3) is 0 Å². The van der Waals surface area contributed by atoms with E-state index in [0.29, 0.717) is 25.4 Å². The number of aromatic nitrogens is 1. The number of aromatic hydroxyl groups is 1. The number of hydrogen-bond acceptors (Lipinski definition) is 8. The number of rotatable bonds is 9. The highest BCUT2D eigenvalue weighted by Gasteiger charge is 2.36. The van der Waals surface area contributed by atoms with Crippen molar-refractivity contribution < 1.29 is 33.6 Å². The summed E-state index contributed by atoms with van der Waals surface area (Å²) < 4.78 is 23.5. The molecule has 0 spiro atoms. The third-order valence-corrected chi connectivity index (χ3v) is 6.21. The Morgan fingerprint density at radius 1 is 1.17 bits per heavy atom. The number of carbonyl (C=O) groups excluding carboxylic acids is 2. The molecule has 0 amide bonds. The number of benzene rings is 1. The predicted molar refractivity (Wildman–Crippen MR) is 134 cm³/mol. The lowest BCUT2D eigenvalue weighted by atomic mass is 9.92. The van der Waals surface area contributed by atoms with E-state index in [1.807, 2.05) is 30.3 Å². The number of Topliss-reactive ketones (excluding diaryl/α,β-unsaturated/α-hetero) is 1. The summed E-state index contributed by atoms with van der Waals surface area (Å²) in [6, 6.07) is 11.0. The summed E-state index contributed by atoms with van der Waals surface area (Å²) in [5.41, 5.74) is -0.109. The Hall–Kier alpha value is -3.13. The van der Waals surface area contributed by atoms with Gasteiger partial charge < -0.3 is 24.1 Å². The van der Waals surface area contributed by atoms with Crippen LogP contribution in [0.25, 0.3) is 0 Å². The van der Waals surface area contributed by atoms with E-state index in [1.165, 1.54) is 19.4 Å². The van der Waals surface area contributed by atoms with Crippen LogP contribution in [-0.2, 0) is 14.3 Å². The van der Waals surface area contributed by atoms with E-state index in [0.717, 1.165) is 18.6 Å². The molecule has 8 nitrogen and oxygen atoms in total. The van der Waals surface area contributed by atoms with Crippen LogP contribution in [0.5, 0.6) is 17.2 Å². The summed E-state index contributed by atoms with van der Waals surface area (Å²) in [6.07, 6.45) is 2.67. The van der Waals surface area contributed by atoms with Gasteiger partial charge in [0.2, 0.25) is 0 Å². The van der Waals surface area contributed by atoms with Gasteiger partial charge in [0.05, 0.1) is 13.0 Å². The van der Waals surface area contributed by atoms with Crippen LogP contribution in [0.2, 0.25) is 0 Å². The van der Waals surface area contributed by atoms with Crippen molar-refractivity contribution in [3.63, 3.8) is 0 Å². The van der Waals surface area contributed by atoms with Gasteiger partial charge in [0, 0.05) is 25.3 Å². The number of methoxy groups -OCH3 is 1. The number of carbonyl (C=O) groups is 2. The Labute approximate surface area is 212 Å². The lowest BCUT2D eigenvalue weighted by Crippen LogP contribution is -2.45. The fraction of sp³-hybridized carbons (Fsp3) is 0.536. The maximum atomic E-state index is 13.2. The molecule has 1 aliphatic heterocycles. The van der Waals surface area contributed by atoms with Gasteiger partial charge in [-0.25, -0.2) is 4.98 Å². The van der Waals surface area contributed by atoms with E-state index in [4.69, 9.17) is 18.9 Å². The number of ether oxygens (including phenoxy) is 4. The average molecular weight is 500 g/mol. The van der Waals surface area contributed by atoms with Crippen molar-refractivity contribution in [2.75, 3.05) is 13.7 Å². The largest absolute Gasteiger partial charge is 0.503 e. The molecule has 8 heteroatoms. The number of pyridine rings is 1. The fourth-order valence-corrected chi connectivity index (χ4v) is 4.32. The van der Waals surface area contributed by atoms with Gasteiger partial charge >= 0.3 is 5.97 Å². The second-order valence-corrected chi connectivity index (χ2v) is 9.62. The summed E-state index contributed by atoms with van der Waals surface area (Å²) in [7, 11) is 1.40. The third kappa shape index (κ3) is 7.43. The van der Waals surface area contributed by atoms with Gasteiger partial charge in [-0.3, -0.25) is 9.59 Å². The van der Waals surface area contributed by atoms with Crippen molar-refractivity contribution in [2.45, 2.75) is 71.2 Å². The lowest BCUT2D eigenvalue weighted by molar-refractivity contribution is -0.169. The zero-order valence-corrected chi connectivity index (χ0v) is 21.5. The van der Waals surface area contributed by atoms with Crippen LogP contribution in [0.4, 0.5) is 0 Å². The molecule has 1 aromatic heterocycles. The number of nitrogens with zero attached hydrogens (tertiary/aromatic N) is 1. The molecule has 1 aromatic carbocycles. The minimum absolute atomic E-state index is 0.109. The highest BCUT2D eigenvalue weighted by atomic mass is 16.6. The Balaban J connectivity index is 1.76. The van der Waals surface area contributed by atoms with Crippen LogP contribution in [-0.4, -0.2) is 53.9 Å². The van der Waals surface area contributed by atoms with Crippen LogP contribution in [0.15, 0.2) is 42.6 Å². The van der Waals surface area contributed by atoms with Gasteiger partial charge in [0.1, 0.15) is 24.1 Å². The smallest absolute Gasteiger partial charge is 0.309 e. The van der Waals surface area contributed by atoms with Gasteiger partial charge in [-0.15, -0.1) is 0 Å². The molecule has 2 aromatic rings. The minimum Gasteiger partial charge on any atom is -0.503 e. The third-order valence-electron chi connectivity index (χ3n) is 6.21. The van der Waals surface area contributed by atoms with Gasteiger partial charge in [-0.1, -0.05) is 38.5 Å². The molecule has 0 radical (unpaired) electrons. The summed E-state index contributed by atoms with van der Waals surface area (Å²) in [6.45, 7) is 6.44. The van der Waals surface area contributed by atoms with E-state index in [9.17, 15) is 14.7 Å². The molecule has 0 unspecified atom stereocenters. The van der Waals surface area contributed by atoms with Crippen molar-refractivity contribution in [1.82, 2.24) is 4.98 Å². The van der Waals surface area contributed by atoms with Crippen molar-refractivity contribution >= 4 is 11.8 Å². The molecule has 1 N–H and O–H groups in total. The second kappa shape index (κ2) is 13.3. The molecule has 0 aliphatic carbocycles. The van der Waals surface area contributed by atoms with E-state index in [2.05, 4.69) is 18.8 Å². The first-order valence-electron chi connectivity index (χ1n) is 12.6. The van der Waals surface area contributed by atoms with E-state index >= 15 is 0 Å². The first-order chi connectivity index (χ1) is 17.3. The average Bonchev–Trinajstić information content (AvgIpc) is 2.85. The van der Waals surface area contributed by atoms with Crippen molar-refractivity contribution in [3.8, 4) is 17.2 Å². The molecular formula is C28H37NO7. The minimum atomic E-state index is -0.648. The Kier molecular flexibility index (Phi) is 10.1. The summed E-state index contributed by atoms with van der Waals surface area (Å²) >= 11 is 0. The number of esters is 1. The molecule has 1 aliphatic rings. The quantitative estimate of drug-likeness (QED) is 0.381. The maximum Gasteiger partial charge on any atom is 0.309 e. The number of hydrogen-bond donors (Lipinski definition) is 1. The Bertz CT molecular complexity index is 995. The van der Waals surface area contributed by atoms with Crippen molar-refractivity contribution in [2.24, 2.45) is 11.8 Å². The number of para-hydroxylation sites is 1. The molecule has 196 valence electrons. The van der Waals surface area contributed by atoms with Gasteiger partial charge in [-0.2, -0.15) is 0 Å². The van der Waals surface area contributed by atoms with Crippen LogP contribution in [0, 0.1) is 11.8 Å². The molecule has 4 atom stereocenters. The molecule has 0 bridgehead atoms. The molecule has 0 saturated carbocycles. The Morgan fingerprint density at radius 3 is 2.58 bits per heavy atom. The molecular weight excluding hydrogens is 462 g/mol. The lowest BCUT2D eigenvalue weighted by Gasteiger charge is -2.34. The van der Waals surface area contributed by atoms with Gasteiger partial charge in [0.15, 0.2) is 23.0 Å². The SMILES string of the molecule is COc1ccnc(C(=O)C[C@H]2CCCC[C@H](Oc3ccccc3)[C@@H](OCC(C)C)[C@H](C)OC2=O)c1O. The van der Waals surface area contributed by atoms with Crippen LogP contribution < -0.4 is 9.47 Å². The van der Waals surface area contributed by atoms with Crippen LogP contribution >= 0.6 is 0 Å². The molecule has 1 saturated heterocycles. The Morgan fingerprint density at radius 2 is 1.89 bits per heavy atom. The first kappa shape index (κ1) is 27.5. The second-order valence-electron chi connectivity index (χ2n) is 9.62. The van der Waals surface area contributed by atoms with Gasteiger partial charge in [-0.05, 0) is 44.2 Å². The fourth-order valence-electron chi connectivity index (χ4n) is 4.32. The first-order valence-corrected chi connectivity index (χ1v) is 12.6. The molecule has 3 rings (SSSR count). The van der Waals surface area contributed by atoms with Crippen molar-refractivity contribution in [3.05, 3.63) is 48.3 Å². The summed E-state index contributed by atoms with van der Waals surface area (Å²) in [4.78, 5) is 30.1. The summed E-state index contributed by atoms with van der Waals surface area (Å²) in [5.74, 6) is -0.670. The van der Waals surface area contributed by atoms with Crippen LogP contribution in [0.1, 0.15) is 63.4 Å². The monoisotopic (exact) mass is 499 g/mol. The predicted octanol–water partition coefficient (Wildman–Crippen LogP) is 4.98. The highest BCUT2D eigenvalue weighted by Crippen LogP contribution is 2.31. The van der Waals surface area contributed by atoms with E-state index in [-0.39, 0.29) is 29.7 Å². The number of ketones is 1. The van der Waals surface area contributed by atoms with Crippen LogP contribution in [0.3, 0.4) is 0 Å².